The molecule has 0 saturated heterocycles. The number of rotatable bonds is 10. The number of nitrogens with one attached hydrogen (secondary N) is 3. The molecule has 0 radical (unpaired) electrons. The van der Waals surface area contributed by atoms with Gasteiger partial charge in [-0.2, -0.15) is 5.10 Å². The SMILES string of the molecule is CCCNC(=O)CCN=C(NCC)NCCc1ccc(-n2cccn2)cc1. The summed E-state index contributed by atoms with van der Waals surface area (Å²) in [5, 5.41) is 13.6. The molecular weight excluding hydrogens is 340 g/mol. The van der Waals surface area contributed by atoms with Crippen molar-refractivity contribution in [2.75, 3.05) is 26.2 Å². The molecule has 2 aromatic rings. The van der Waals surface area contributed by atoms with Gasteiger partial charge in [0.25, 0.3) is 0 Å². The summed E-state index contributed by atoms with van der Waals surface area (Å²) in [7, 11) is 0. The number of carbonyl (C=O) groups is 1. The molecule has 3 N–H and O–H groups in total. The number of nitrogens with zero attached hydrogens (tertiary/aromatic N) is 3. The molecule has 27 heavy (non-hydrogen) atoms. The summed E-state index contributed by atoms with van der Waals surface area (Å²) in [6.07, 6.45) is 5.94. The van der Waals surface area contributed by atoms with Gasteiger partial charge in [-0.05, 0) is 43.5 Å². The van der Waals surface area contributed by atoms with Crippen molar-refractivity contribution in [2.45, 2.75) is 33.1 Å². The summed E-state index contributed by atoms with van der Waals surface area (Å²) in [4.78, 5) is 16.1. The van der Waals surface area contributed by atoms with Crippen LogP contribution >= 0.6 is 0 Å². The van der Waals surface area contributed by atoms with E-state index in [9.17, 15) is 4.79 Å². The number of guanidine groups is 1. The zero-order valence-electron chi connectivity index (χ0n) is 16.2. The summed E-state index contributed by atoms with van der Waals surface area (Å²) in [5.74, 6) is 0.794. The Hall–Kier alpha value is -2.83. The van der Waals surface area contributed by atoms with Crippen LogP contribution in [0.15, 0.2) is 47.7 Å². The van der Waals surface area contributed by atoms with Crippen molar-refractivity contribution in [1.29, 1.82) is 0 Å². The summed E-state index contributed by atoms with van der Waals surface area (Å²) < 4.78 is 1.84. The molecule has 0 fully saturated rings. The molecule has 0 aliphatic carbocycles. The van der Waals surface area contributed by atoms with E-state index in [-0.39, 0.29) is 5.91 Å². The van der Waals surface area contributed by atoms with Crippen LogP contribution in [0.5, 0.6) is 0 Å². The van der Waals surface area contributed by atoms with Gasteiger partial charge in [0, 0.05) is 38.4 Å². The largest absolute Gasteiger partial charge is 0.357 e. The third kappa shape index (κ3) is 7.52. The second kappa shape index (κ2) is 11.7. The summed E-state index contributed by atoms with van der Waals surface area (Å²) in [6, 6.07) is 10.3. The highest BCUT2D eigenvalue weighted by Gasteiger charge is 2.02. The van der Waals surface area contributed by atoms with Crippen LogP contribution in [0, 0.1) is 0 Å². The van der Waals surface area contributed by atoms with Crippen LogP contribution in [0.25, 0.3) is 5.69 Å². The van der Waals surface area contributed by atoms with Gasteiger partial charge in [-0.15, -0.1) is 0 Å². The smallest absolute Gasteiger partial charge is 0.221 e. The summed E-state index contributed by atoms with van der Waals surface area (Å²) in [6.45, 7) is 6.82. The van der Waals surface area contributed by atoms with Crippen LogP contribution in [-0.4, -0.2) is 47.8 Å². The lowest BCUT2D eigenvalue weighted by Crippen LogP contribution is -2.38. The Morgan fingerprint density at radius 1 is 1.11 bits per heavy atom. The van der Waals surface area contributed by atoms with Crippen molar-refractivity contribution in [3.05, 3.63) is 48.3 Å². The molecule has 1 heterocycles. The van der Waals surface area contributed by atoms with Crippen LogP contribution in [0.2, 0.25) is 0 Å². The molecule has 0 aliphatic rings. The van der Waals surface area contributed by atoms with E-state index in [1.807, 2.05) is 30.8 Å². The second-order valence-corrected chi connectivity index (χ2v) is 6.15. The topological polar surface area (TPSA) is 83.3 Å². The maximum atomic E-state index is 11.6. The molecule has 0 aliphatic heterocycles. The highest BCUT2D eigenvalue weighted by molar-refractivity contribution is 5.80. The first-order chi connectivity index (χ1) is 13.2. The Balaban J connectivity index is 1.76. The van der Waals surface area contributed by atoms with E-state index in [1.165, 1.54) is 5.56 Å². The van der Waals surface area contributed by atoms with Crippen molar-refractivity contribution in [3.8, 4) is 5.69 Å². The number of amides is 1. The molecule has 0 bridgehead atoms. The van der Waals surface area contributed by atoms with E-state index >= 15 is 0 Å². The predicted molar refractivity (Wildman–Crippen MR) is 109 cm³/mol. The van der Waals surface area contributed by atoms with Crippen molar-refractivity contribution < 1.29 is 4.79 Å². The first kappa shape index (κ1) is 20.5. The lowest BCUT2D eigenvalue weighted by Gasteiger charge is -2.11. The molecule has 1 amide bonds. The molecule has 0 unspecified atom stereocenters. The Labute approximate surface area is 161 Å². The van der Waals surface area contributed by atoms with E-state index in [1.54, 1.807) is 6.20 Å². The van der Waals surface area contributed by atoms with Gasteiger partial charge in [0.1, 0.15) is 0 Å². The number of aromatic nitrogens is 2. The number of hydrogen-bond donors (Lipinski definition) is 3. The lowest BCUT2D eigenvalue weighted by molar-refractivity contribution is -0.120. The van der Waals surface area contributed by atoms with Gasteiger partial charge in [-0.1, -0.05) is 19.1 Å². The zero-order valence-corrected chi connectivity index (χ0v) is 16.2. The van der Waals surface area contributed by atoms with Gasteiger partial charge in [-0.25, -0.2) is 4.68 Å². The molecule has 0 atom stereocenters. The molecule has 0 spiro atoms. The maximum absolute atomic E-state index is 11.6. The van der Waals surface area contributed by atoms with E-state index in [0.29, 0.717) is 13.0 Å². The number of aliphatic imine (C=N–C) groups is 1. The van der Waals surface area contributed by atoms with Crippen LogP contribution in [0.1, 0.15) is 32.3 Å². The highest BCUT2D eigenvalue weighted by Crippen LogP contribution is 2.08. The van der Waals surface area contributed by atoms with E-state index in [2.05, 4.69) is 50.3 Å². The minimum absolute atomic E-state index is 0.0497. The fraction of sp³-hybridized carbons (Fsp3) is 0.450. The Morgan fingerprint density at radius 3 is 2.59 bits per heavy atom. The number of benzene rings is 1. The van der Waals surface area contributed by atoms with Crippen LogP contribution < -0.4 is 16.0 Å². The van der Waals surface area contributed by atoms with E-state index in [0.717, 1.165) is 44.1 Å². The van der Waals surface area contributed by atoms with Crippen LogP contribution in [-0.2, 0) is 11.2 Å². The molecule has 7 nitrogen and oxygen atoms in total. The van der Waals surface area contributed by atoms with Crippen molar-refractivity contribution >= 4 is 11.9 Å². The zero-order chi connectivity index (χ0) is 19.3. The third-order valence-electron chi connectivity index (χ3n) is 3.94. The standard InChI is InChI=1S/C20H30N6O/c1-3-12-22-19(27)11-15-24-20(21-4-2)23-14-10-17-6-8-18(9-7-17)26-16-5-13-25-26/h5-9,13,16H,3-4,10-12,14-15H2,1-2H3,(H,22,27)(H2,21,23,24). The predicted octanol–water partition coefficient (Wildman–Crippen LogP) is 1.89. The van der Waals surface area contributed by atoms with Gasteiger partial charge in [-0.3, -0.25) is 9.79 Å². The maximum Gasteiger partial charge on any atom is 0.221 e. The number of carbonyl (C=O) groups excluding carboxylic acids is 1. The van der Waals surface area contributed by atoms with Crippen LogP contribution in [0.4, 0.5) is 0 Å². The minimum atomic E-state index is 0.0497. The van der Waals surface area contributed by atoms with Crippen molar-refractivity contribution in [1.82, 2.24) is 25.7 Å². The van der Waals surface area contributed by atoms with Gasteiger partial charge in [0.2, 0.25) is 5.91 Å². The quantitative estimate of drug-likeness (QED) is 0.440. The normalized spacial score (nSPS) is 11.3. The fourth-order valence-electron chi connectivity index (χ4n) is 2.53. The molecule has 146 valence electrons. The van der Waals surface area contributed by atoms with Gasteiger partial charge < -0.3 is 16.0 Å². The average Bonchev–Trinajstić information content (AvgIpc) is 3.21. The Morgan fingerprint density at radius 2 is 1.93 bits per heavy atom. The lowest BCUT2D eigenvalue weighted by atomic mass is 10.1. The van der Waals surface area contributed by atoms with Gasteiger partial charge in [0.05, 0.1) is 12.2 Å². The van der Waals surface area contributed by atoms with Gasteiger partial charge in [0.15, 0.2) is 5.96 Å². The Kier molecular flexibility index (Phi) is 8.89. The number of hydrogen-bond acceptors (Lipinski definition) is 3. The molecule has 2 rings (SSSR count). The average molecular weight is 371 g/mol. The molecular formula is C20H30N6O. The van der Waals surface area contributed by atoms with Crippen molar-refractivity contribution in [3.63, 3.8) is 0 Å². The fourth-order valence-corrected chi connectivity index (χ4v) is 2.53. The van der Waals surface area contributed by atoms with Crippen LogP contribution in [0.3, 0.4) is 0 Å². The molecule has 7 heteroatoms. The monoisotopic (exact) mass is 370 g/mol. The summed E-state index contributed by atoms with van der Waals surface area (Å²) >= 11 is 0. The highest BCUT2D eigenvalue weighted by atomic mass is 16.1. The van der Waals surface area contributed by atoms with Gasteiger partial charge >= 0.3 is 0 Å². The molecule has 1 aromatic carbocycles. The first-order valence-corrected chi connectivity index (χ1v) is 9.60. The Bertz CT molecular complexity index is 694. The molecule has 0 saturated carbocycles. The minimum Gasteiger partial charge on any atom is -0.357 e. The van der Waals surface area contributed by atoms with Crippen molar-refractivity contribution in [2.24, 2.45) is 4.99 Å². The second-order valence-electron chi connectivity index (χ2n) is 6.15. The third-order valence-corrected chi connectivity index (χ3v) is 3.94. The molecule has 1 aromatic heterocycles. The first-order valence-electron chi connectivity index (χ1n) is 9.60. The summed E-state index contributed by atoms with van der Waals surface area (Å²) in [5.41, 5.74) is 2.29. The van der Waals surface area contributed by atoms with E-state index in [4.69, 9.17) is 0 Å². The van der Waals surface area contributed by atoms with E-state index < -0.39 is 0 Å².